The zero-order valence-corrected chi connectivity index (χ0v) is 12.7. The summed E-state index contributed by atoms with van der Waals surface area (Å²) in [6, 6.07) is 7.27. The molecule has 4 nitrogen and oxygen atoms in total. The van der Waals surface area contributed by atoms with Gasteiger partial charge in [0.05, 0.1) is 6.61 Å². The summed E-state index contributed by atoms with van der Waals surface area (Å²) in [5, 5.41) is 13.0. The predicted octanol–water partition coefficient (Wildman–Crippen LogP) is 3.27. The van der Waals surface area contributed by atoms with E-state index >= 15 is 0 Å². The summed E-state index contributed by atoms with van der Waals surface area (Å²) in [5.41, 5.74) is 1.75. The van der Waals surface area contributed by atoms with Gasteiger partial charge in [0.2, 0.25) is 0 Å². The number of ether oxygens (including phenoxy) is 1. The van der Waals surface area contributed by atoms with Crippen LogP contribution in [0.5, 0.6) is 0 Å². The Kier molecular flexibility index (Phi) is 6.21. The largest absolute Gasteiger partial charge is 0.480 e. The normalized spacial score (nSPS) is 18.1. The predicted molar refractivity (Wildman–Crippen MR) is 82.2 cm³/mol. The zero-order chi connectivity index (χ0) is 15.1. The third-order valence-corrected chi connectivity index (χ3v) is 4.17. The van der Waals surface area contributed by atoms with Gasteiger partial charge < -0.3 is 9.84 Å². The van der Waals surface area contributed by atoms with Crippen LogP contribution >= 0.6 is 0 Å². The number of hydrogen-bond acceptors (Lipinski definition) is 3. The fourth-order valence-electron chi connectivity index (χ4n) is 3.08. The summed E-state index contributed by atoms with van der Waals surface area (Å²) in [5.74, 6) is -0.817. The Morgan fingerprint density at radius 3 is 2.57 bits per heavy atom. The van der Waals surface area contributed by atoms with E-state index in [1.165, 1.54) is 25.7 Å². The molecule has 0 amide bonds. The van der Waals surface area contributed by atoms with Gasteiger partial charge in [0.15, 0.2) is 0 Å². The molecule has 1 aliphatic rings. The molecule has 1 atom stereocenters. The molecule has 4 heteroatoms. The molecular weight excluding hydrogens is 266 g/mol. The van der Waals surface area contributed by atoms with Crippen molar-refractivity contribution in [1.82, 2.24) is 5.32 Å². The van der Waals surface area contributed by atoms with Crippen LogP contribution in [0.2, 0.25) is 0 Å². The van der Waals surface area contributed by atoms with E-state index < -0.39 is 12.0 Å². The van der Waals surface area contributed by atoms with E-state index in [4.69, 9.17) is 4.74 Å². The van der Waals surface area contributed by atoms with Crippen molar-refractivity contribution in [3.05, 3.63) is 35.4 Å². The molecule has 0 heterocycles. The molecule has 0 spiro atoms. The second-order valence-electron chi connectivity index (χ2n) is 5.76. The van der Waals surface area contributed by atoms with Crippen LogP contribution in [0, 0.1) is 0 Å². The number of carbonyl (C=O) groups is 1. The standard InChI is InChI=1S/C17H25NO3/c1-21-12-13-8-6-7-11-15(13)16(17(19)20)18-14-9-4-2-3-5-10-14/h6-8,11,14,16,18H,2-5,9-10,12H2,1H3,(H,19,20). The molecule has 2 rings (SSSR count). The van der Waals surface area contributed by atoms with Crippen molar-refractivity contribution in [3.63, 3.8) is 0 Å². The highest BCUT2D eigenvalue weighted by molar-refractivity contribution is 5.76. The molecule has 1 aromatic rings. The van der Waals surface area contributed by atoms with Crippen molar-refractivity contribution in [1.29, 1.82) is 0 Å². The van der Waals surface area contributed by atoms with Crippen LogP contribution < -0.4 is 5.32 Å². The maximum atomic E-state index is 11.7. The fraction of sp³-hybridized carbons (Fsp3) is 0.588. The van der Waals surface area contributed by atoms with Crippen molar-refractivity contribution >= 4 is 5.97 Å². The van der Waals surface area contributed by atoms with Gasteiger partial charge in [-0.05, 0) is 24.0 Å². The van der Waals surface area contributed by atoms with Gasteiger partial charge in [-0.15, -0.1) is 0 Å². The molecule has 0 aromatic heterocycles. The number of aliphatic carboxylic acids is 1. The molecule has 0 aliphatic heterocycles. The van der Waals surface area contributed by atoms with E-state index in [2.05, 4.69) is 5.32 Å². The Labute approximate surface area is 126 Å². The molecule has 1 unspecified atom stereocenters. The number of benzene rings is 1. The Morgan fingerprint density at radius 2 is 1.95 bits per heavy atom. The third kappa shape index (κ3) is 4.55. The lowest BCUT2D eigenvalue weighted by atomic mass is 9.98. The lowest BCUT2D eigenvalue weighted by Crippen LogP contribution is -2.37. The molecule has 1 saturated carbocycles. The molecular formula is C17H25NO3. The smallest absolute Gasteiger partial charge is 0.325 e. The lowest BCUT2D eigenvalue weighted by Gasteiger charge is -2.24. The van der Waals surface area contributed by atoms with Gasteiger partial charge >= 0.3 is 5.97 Å². The van der Waals surface area contributed by atoms with Gasteiger partial charge in [-0.3, -0.25) is 10.1 Å². The summed E-state index contributed by atoms with van der Waals surface area (Å²) >= 11 is 0. The van der Waals surface area contributed by atoms with Crippen molar-refractivity contribution in [2.45, 2.75) is 57.2 Å². The van der Waals surface area contributed by atoms with Crippen LogP contribution in [0.4, 0.5) is 0 Å². The Morgan fingerprint density at radius 1 is 1.29 bits per heavy atom. The molecule has 21 heavy (non-hydrogen) atoms. The Bertz CT molecular complexity index is 453. The first-order chi connectivity index (χ1) is 10.2. The first-order valence-electron chi connectivity index (χ1n) is 7.78. The van der Waals surface area contributed by atoms with E-state index in [1.807, 2.05) is 24.3 Å². The van der Waals surface area contributed by atoms with Gasteiger partial charge in [0.1, 0.15) is 6.04 Å². The minimum absolute atomic E-state index is 0.296. The van der Waals surface area contributed by atoms with Gasteiger partial charge in [-0.2, -0.15) is 0 Å². The van der Waals surface area contributed by atoms with Gasteiger partial charge in [0.25, 0.3) is 0 Å². The summed E-state index contributed by atoms with van der Waals surface area (Å²) in [7, 11) is 1.63. The highest BCUT2D eigenvalue weighted by Crippen LogP contribution is 2.24. The molecule has 0 bridgehead atoms. The number of methoxy groups -OCH3 is 1. The van der Waals surface area contributed by atoms with Crippen molar-refractivity contribution in [2.75, 3.05) is 7.11 Å². The van der Waals surface area contributed by atoms with Crippen LogP contribution in [-0.4, -0.2) is 24.2 Å². The highest BCUT2D eigenvalue weighted by Gasteiger charge is 2.25. The fourth-order valence-corrected chi connectivity index (χ4v) is 3.08. The van der Waals surface area contributed by atoms with E-state index in [0.29, 0.717) is 12.6 Å². The van der Waals surface area contributed by atoms with Crippen LogP contribution in [0.1, 0.15) is 55.7 Å². The number of nitrogens with one attached hydrogen (secondary N) is 1. The number of hydrogen-bond donors (Lipinski definition) is 2. The summed E-state index contributed by atoms with van der Waals surface area (Å²) < 4.78 is 5.19. The van der Waals surface area contributed by atoms with Crippen LogP contribution in [-0.2, 0) is 16.1 Å². The minimum Gasteiger partial charge on any atom is -0.480 e. The van der Waals surface area contributed by atoms with Crippen molar-refractivity contribution in [2.24, 2.45) is 0 Å². The quantitative estimate of drug-likeness (QED) is 0.790. The Hall–Kier alpha value is -1.39. The second kappa shape index (κ2) is 8.15. The van der Waals surface area contributed by atoms with Crippen molar-refractivity contribution < 1.29 is 14.6 Å². The summed E-state index contributed by atoms with van der Waals surface area (Å²) in [4.78, 5) is 11.7. The number of carboxylic acid groups (broad SMARTS) is 1. The molecule has 116 valence electrons. The number of carboxylic acids is 1. The van der Waals surface area contributed by atoms with Crippen LogP contribution in [0.15, 0.2) is 24.3 Å². The van der Waals surface area contributed by atoms with E-state index in [9.17, 15) is 9.90 Å². The first kappa shape index (κ1) is 16.0. The van der Waals surface area contributed by atoms with Crippen LogP contribution in [0.3, 0.4) is 0 Å². The minimum atomic E-state index is -0.817. The molecule has 2 N–H and O–H groups in total. The maximum Gasteiger partial charge on any atom is 0.325 e. The third-order valence-electron chi connectivity index (χ3n) is 4.17. The first-order valence-corrected chi connectivity index (χ1v) is 7.78. The monoisotopic (exact) mass is 291 g/mol. The van der Waals surface area contributed by atoms with E-state index in [1.54, 1.807) is 7.11 Å². The molecule has 0 radical (unpaired) electrons. The molecule has 1 aromatic carbocycles. The average molecular weight is 291 g/mol. The highest BCUT2D eigenvalue weighted by atomic mass is 16.5. The summed E-state index contributed by atoms with van der Waals surface area (Å²) in [6.07, 6.45) is 7.02. The average Bonchev–Trinajstić information content (AvgIpc) is 2.74. The maximum absolute atomic E-state index is 11.7. The van der Waals surface area contributed by atoms with Crippen LogP contribution in [0.25, 0.3) is 0 Å². The van der Waals surface area contributed by atoms with Crippen molar-refractivity contribution in [3.8, 4) is 0 Å². The second-order valence-corrected chi connectivity index (χ2v) is 5.76. The van der Waals surface area contributed by atoms with E-state index in [0.717, 1.165) is 24.0 Å². The van der Waals surface area contributed by atoms with Gasteiger partial charge in [-0.25, -0.2) is 0 Å². The number of rotatable bonds is 6. The topological polar surface area (TPSA) is 58.6 Å². The summed E-state index contributed by atoms with van der Waals surface area (Å²) in [6.45, 7) is 0.437. The van der Waals surface area contributed by atoms with Gasteiger partial charge in [0, 0.05) is 13.2 Å². The SMILES string of the molecule is COCc1ccccc1C(NC1CCCCCC1)C(=O)O. The Balaban J connectivity index is 2.16. The van der Waals surface area contributed by atoms with Gasteiger partial charge in [-0.1, -0.05) is 49.9 Å². The molecule has 1 fully saturated rings. The zero-order valence-electron chi connectivity index (χ0n) is 12.7. The molecule has 0 saturated heterocycles. The van der Waals surface area contributed by atoms with E-state index in [-0.39, 0.29) is 0 Å². The molecule has 1 aliphatic carbocycles. The lowest BCUT2D eigenvalue weighted by molar-refractivity contribution is -0.140.